The topological polar surface area (TPSA) is 56.1 Å². The average molecular weight is 327 g/mol. The molecule has 0 radical (unpaired) electrons. The van der Waals surface area contributed by atoms with E-state index in [-0.39, 0.29) is 5.91 Å². The highest BCUT2D eigenvalue weighted by molar-refractivity contribution is 7.13. The Hall–Kier alpha value is -2.60. The maximum Gasteiger partial charge on any atom is 0.251 e. The zero-order valence-electron chi connectivity index (χ0n) is 12.9. The predicted octanol–water partition coefficient (Wildman–Crippen LogP) is 3.09. The highest BCUT2D eigenvalue weighted by atomic mass is 32.1. The van der Waals surface area contributed by atoms with Crippen molar-refractivity contribution in [3.8, 4) is 16.3 Å². The van der Waals surface area contributed by atoms with Crippen LogP contribution in [0.25, 0.3) is 10.6 Å². The van der Waals surface area contributed by atoms with Crippen LogP contribution in [0.15, 0.2) is 48.0 Å². The standard InChI is InChI=1S/C17H17N3O2S/c1-20-11-13(16(19-20)15-4-3-9-23-15)10-18-17(21)12-5-7-14(22-2)8-6-12/h3-9,11H,10H2,1-2H3,(H,18,21). The van der Waals surface area contributed by atoms with Crippen LogP contribution in [0.2, 0.25) is 0 Å². The first kappa shape index (κ1) is 15.3. The zero-order valence-corrected chi connectivity index (χ0v) is 13.8. The highest BCUT2D eigenvalue weighted by Gasteiger charge is 2.13. The Balaban J connectivity index is 1.72. The van der Waals surface area contributed by atoms with Gasteiger partial charge in [0.05, 0.1) is 12.0 Å². The molecule has 2 heterocycles. The Morgan fingerprint density at radius 1 is 1.30 bits per heavy atom. The van der Waals surface area contributed by atoms with E-state index >= 15 is 0 Å². The number of carbonyl (C=O) groups is 1. The fraction of sp³-hybridized carbons (Fsp3) is 0.176. The summed E-state index contributed by atoms with van der Waals surface area (Å²) in [5, 5.41) is 9.44. The first-order valence-electron chi connectivity index (χ1n) is 7.16. The van der Waals surface area contributed by atoms with Crippen LogP contribution in [0, 0.1) is 0 Å². The smallest absolute Gasteiger partial charge is 0.251 e. The van der Waals surface area contributed by atoms with Crippen LogP contribution in [-0.4, -0.2) is 22.8 Å². The summed E-state index contributed by atoms with van der Waals surface area (Å²) in [6.07, 6.45) is 1.93. The Bertz CT molecular complexity index is 792. The number of methoxy groups -OCH3 is 1. The SMILES string of the molecule is COc1ccc(C(=O)NCc2cn(C)nc2-c2cccs2)cc1. The Labute approximate surface area is 138 Å². The minimum atomic E-state index is -0.117. The summed E-state index contributed by atoms with van der Waals surface area (Å²) in [5.74, 6) is 0.613. The molecule has 0 saturated heterocycles. The van der Waals surface area contributed by atoms with Crippen LogP contribution < -0.4 is 10.1 Å². The number of nitrogens with zero attached hydrogens (tertiary/aromatic N) is 2. The summed E-state index contributed by atoms with van der Waals surface area (Å²) in [6, 6.07) is 11.1. The summed E-state index contributed by atoms with van der Waals surface area (Å²) in [5.41, 5.74) is 2.52. The van der Waals surface area contributed by atoms with Crippen molar-refractivity contribution in [2.24, 2.45) is 7.05 Å². The van der Waals surface area contributed by atoms with Crippen molar-refractivity contribution in [2.75, 3.05) is 7.11 Å². The van der Waals surface area contributed by atoms with Gasteiger partial charge in [0.25, 0.3) is 5.91 Å². The van der Waals surface area contributed by atoms with Gasteiger partial charge in [-0.15, -0.1) is 11.3 Å². The lowest BCUT2D eigenvalue weighted by Gasteiger charge is -2.06. The zero-order chi connectivity index (χ0) is 16.2. The second-order valence-electron chi connectivity index (χ2n) is 5.07. The van der Waals surface area contributed by atoms with E-state index in [1.165, 1.54) is 0 Å². The number of rotatable bonds is 5. The predicted molar refractivity (Wildman–Crippen MR) is 90.7 cm³/mol. The largest absolute Gasteiger partial charge is 0.497 e. The summed E-state index contributed by atoms with van der Waals surface area (Å²) in [4.78, 5) is 13.3. The van der Waals surface area contributed by atoms with E-state index in [9.17, 15) is 4.79 Å². The molecule has 3 aromatic rings. The van der Waals surface area contributed by atoms with Crippen LogP contribution in [0.1, 0.15) is 15.9 Å². The van der Waals surface area contributed by atoms with Crippen LogP contribution in [-0.2, 0) is 13.6 Å². The van der Waals surface area contributed by atoms with Crippen LogP contribution in [0.5, 0.6) is 5.75 Å². The summed E-state index contributed by atoms with van der Waals surface area (Å²) < 4.78 is 6.86. The molecule has 0 bridgehead atoms. The second kappa shape index (κ2) is 6.66. The van der Waals surface area contributed by atoms with Crippen LogP contribution in [0.4, 0.5) is 0 Å². The molecule has 0 unspecified atom stereocenters. The number of aryl methyl sites for hydroxylation is 1. The molecule has 1 amide bonds. The van der Waals surface area contributed by atoms with E-state index in [4.69, 9.17) is 4.74 Å². The lowest BCUT2D eigenvalue weighted by molar-refractivity contribution is 0.0951. The molecule has 0 aliphatic heterocycles. The molecule has 1 aromatic carbocycles. The molecule has 1 N–H and O–H groups in total. The fourth-order valence-corrected chi connectivity index (χ4v) is 3.05. The Morgan fingerprint density at radius 2 is 2.09 bits per heavy atom. The van der Waals surface area contributed by atoms with Crippen molar-refractivity contribution in [3.63, 3.8) is 0 Å². The van der Waals surface area contributed by atoms with E-state index in [0.29, 0.717) is 12.1 Å². The van der Waals surface area contributed by atoms with Gasteiger partial charge in [-0.2, -0.15) is 5.10 Å². The van der Waals surface area contributed by atoms with Gasteiger partial charge in [0.1, 0.15) is 11.4 Å². The van der Waals surface area contributed by atoms with Crippen molar-refractivity contribution >= 4 is 17.2 Å². The molecule has 5 nitrogen and oxygen atoms in total. The minimum Gasteiger partial charge on any atom is -0.497 e. The summed E-state index contributed by atoms with van der Waals surface area (Å²) in [7, 11) is 3.48. The third-order valence-corrected chi connectivity index (χ3v) is 4.33. The molecule has 0 fully saturated rings. The Morgan fingerprint density at radius 3 is 2.74 bits per heavy atom. The van der Waals surface area contributed by atoms with Crippen LogP contribution in [0.3, 0.4) is 0 Å². The molecule has 0 spiro atoms. The molecule has 2 aromatic heterocycles. The van der Waals surface area contributed by atoms with Gasteiger partial charge in [-0.25, -0.2) is 0 Å². The Kier molecular flexibility index (Phi) is 4.43. The fourth-order valence-electron chi connectivity index (χ4n) is 2.31. The molecular formula is C17H17N3O2S. The quantitative estimate of drug-likeness (QED) is 0.783. The maximum atomic E-state index is 12.2. The lowest BCUT2D eigenvalue weighted by atomic mass is 10.2. The lowest BCUT2D eigenvalue weighted by Crippen LogP contribution is -2.22. The van der Waals surface area contributed by atoms with Crippen molar-refractivity contribution in [3.05, 3.63) is 59.1 Å². The van der Waals surface area contributed by atoms with Gasteiger partial charge < -0.3 is 10.1 Å². The van der Waals surface area contributed by atoms with Crippen molar-refractivity contribution in [2.45, 2.75) is 6.54 Å². The third-order valence-electron chi connectivity index (χ3n) is 3.45. The molecule has 3 rings (SSSR count). The molecule has 0 aliphatic carbocycles. The number of carbonyl (C=O) groups excluding carboxylic acids is 1. The van der Waals surface area contributed by atoms with E-state index in [0.717, 1.165) is 21.9 Å². The molecule has 0 aliphatic rings. The highest BCUT2D eigenvalue weighted by Crippen LogP contribution is 2.26. The van der Waals surface area contributed by atoms with Crippen molar-refractivity contribution < 1.29 is 9.53 Å². The molecule has 6 heteroatoms. The minimum absolute atomic E-state index is 0.117. The number of thiophene rings is 1. The van der Waals surface area contributed by atoms with Gasteiger partial charge in [0, 0.05) is 30.9 Å². The van der Waals surface area contributed by atoms with Gasteiger partial charge in [-0.1, -0.05) is 6.07 Å². The molecule has 0 atom stereocenters. The van der Waals surface area contributed by atoms with Gasteiger partial charge in [0.2, 0.25) is 0 Å². The number of hydrogen-bond donors (Lipinski definition) is 1. The monoisotopic (exact) mass is 327 g/mol. The van der Waals surface area contributed by atoms with Crippen molar-refractivity contribution in [1.29, 1.82) is 0 Å². The first-order valence-corrected chi connectivity index (χ1v) is 8.04. The third kappa shape index (κ3) is 3.43. The number of amides is 1. The van der Waals surface area contributed by atoms with E-state index in [2.05, 4.69) is 10.4 Å². The number of ether oxygens (including phenoxy) is 1. The number of hydrogen-bond acceptors (Lipinski definition) is 4. The van der Waals surface area contributed by atoms with E-state index < -0.39 is 0 Å². The van der Waals surface area contributed by atoms with E-state index in [1.54, 1.807) is 47.4 Å². The average Bonchev–Trinajstić information content (AvgIpc) is 3.22. The first-order chi connectivity index (χ1) is 11.2. The van der Waals surface area contributed by atoms with Gasteiger partial charge >= 0.3 is 0 Å². The molecular weight excluding hydrogens is 310 g/mol. The van der Waals surface area contributed by atoms with E-state index in [1.807, 2.05) is 30.8 Å². The summed E-state index contributed by atoms with van der Waals surface area (Å²) >= 11 is 1.64. The number of nitrogens with one attached hydrogen (secondary N) is 1. The normalized spacial score (nSPS) is 10.5. The van der Waals surface area contributed by atoms with Gasteiger partial charge in [-0.05, 0) is 35.7 Å². The molecule has 0 saturated carbocycles. The second-order valence-corrected chi connectivity index (χ2v) is 6.01. The molecule has 118 valence electrons. The summed E-state index contributed by atoms with van der Waals surface area (Å²) in [6.45, 7) is 0.436. The number of benzene rings is 1. The van der Waals surface area contributed by atoms with Crippen LogP contribution >= 0.6 is 11.3 Å². The molecule has 23 heavy (non-hydrogen) atoms. The van der Waals surface area contributed by atoms with Gasteiger partial charge in [0.15, 0.2) is 0 Å². The van der Waals surface area contributed by atoms with Gasteiger partial charge in [-0.3, -0.25) is 9.48 Å². The number of aromatic nitrogens is 2. The van der Waals surface area contributed by atoms with Crippen molar-refractivity contribution in [1.82, 2.24) is 15.1 Å². The maximum absolute atomic E-state index is 12.2.